The first-order valence-corrected chi connectivity index (χ1v) is 9.15. The van der Waals surface area contributed by atoms with Crippen LogP contribution in [0.1, 0.15) is 12.5 Å². The number of hydrogen-bond acceptors (Lipinski definition) is 4. The van der Waals surface area contributed by atoms with Gasteiger partial charge in [0, 0.05) is 16.8 Å². The van der Waals surface area contributed by atoms with Crippen LogP contribution in [-0.2, 0) is 6.42 Å². The van der Waals surface area contributed by atoms with Crippen molar-refractivity contribution in [2.75, 3.05) is 5.32 Å². The van der Waals surface area contributed by atoms with E-state index in [1.54, 1.807) is 12.1 Å². The molecule has 7 heteroatoms. The van der Waals surface area contributed by atoms with E-state index in [0.717, 1.165) is 28.9 Å². The monoisotopic (exact) mass is 390 g/mol. The molecule has 4 aromatic rings. The topological polar surface area (TPSA) is 93.0 Å². The van der Waals surface area contributed by atoms with Crippen LogP contribution in [0.2, 0.25) is 0 Å². The number of anilines is 2. The molecule has 0 aliphatic rings. The number of halogens is 1. The molecule has 1 amide bonds. The number of para-hydroxylation sites is 1. The average Bonchev–Trinajstić information content (AvgIpc) is 3.15. The number of H-pyrrole nitrogens is 1. The summed E-state index contributed by atoms with van der Waals surface area (Å²) in [5, 5.41) is 4.08. The zero-order chi connectivity index (χ0) is 20.4. The summed E-state index contributed by atoms with van der Waals surface area (Å²) >= 11 is 0. The maximum Gasteiger partial charge on any atom is 0.410 e. The van der Waals surface area contributed by atoms with E-state index in [2.05, 4.69) is 22.2 Å². The maximum atomic E-state index is 13.3. The van der Waals surface area contributed by atoms with Gasteiger partial charge < -0.3 is 20.8 Å². The first-order chi connectivity index (χ1) is 14.0. The van der Waals surface area contributed by atoms with Crippen LogP contribution in [0, 0.1) is 5.82 Å². The molecule has 0 radical (unpaired) electrons. The largest absolute Gasteiger partial charge is 0.410 e. The number of aryl methyl sites for hydroxylation is 1. The third-order valence-corrected chi connectivity index (χ3v) is 4.65. The Morgan fingerprint density at radius 1 is 1.21 bits per heavy atom. The Bertz CT molecular complexity index is 1190. The smallest absolute Gasteiger partial charge is 0.407 e. The highest BCUT2D eigenvalue weighted by atomic mass is 19.1. The molecular formula is C22H19FN4O2. The third kappa shape index (κ3) is 3.75. The lowest BCUT2D eigenvalue weighted by atomic mass is 10.1. The molecule has 0 aliphatic heterocycles. The van der Waals surface area contributed by atoms with E-state index >= 15 is 0 Å². The molecule has 0 unspecified atom stereocenters. The van der Waals surface area contributed by atoms with Crippen molar-refractivity contribution in [2.45, 2.75) is 13.3 Å². The number of rotatable bonds is 5. The van der Waals surface area contributed by atoms with E-state index in [0.29, 0.717) is 16.7 Å². The molecule has 0 aliphatic carbocycles. The fraction of sp³-hybridized carbons (Fsp3) is 0.0909. The number of nitrogens with one attached hydrogen (secondary N) is 2. The summed E-state index contributed by atoms with van der Waals surface area (Å²) in [6, 6.07) is 15.9. The summed E-state index contributed by atoms with van der Waals surface area (Å²) in [6.07, 6.45) is 1.35. The number of ether oxygens (including phenoxy) is 1. The quantitative estimate of drug-likeness (QED) is 0.440. The Morgan fingerprint density at radius 3 is 2.69 bits per heavy atom. The number of nitrogens with two attached hydrogens (primary N) is 1. The fourth-order valence-corrected chi connectivity index (χ4v) is 3.24. The lowest BCUT2D eigenvalue weighted by Crippen LogP contribution is -2.17. The van der Waals surface area contributed by atoms with Crippen molar-refractivity contribution in [1.82, 2.24) is 9.97 Å². The van der Waals surface area contributed by atoms with E-state index in [9.17, 15) is 9.18 Å². The average molecular weight is 390 g/mol. The number of carbonyl (C=O) groups excluding carboxylic acids is 1. The van der Waals surface area contributed by atoms with Crippen LogP contribution < -0.4 is 15.8 Å². The van der Waals surface area contributed by atoms with Crippen molar-refractivity contribution in [1.29, 1.82) is 0 Å². The second-order valence-electron chi connectivity index (χ2n) is 6.51. The molecule has 0 saturated carbocycles. The highest BCUT2D eigenvalue weighted by molar-refractivity contribution is 5.98. The lowest BCUT2D eigenvalue weighted by molar-refractivity contribution is 0.211. The lowest BCUT2D eigenvalue weighted by Gasteiger charge is -2.14. The van der Waals surface area contributed by atoms with Crippen LogP contribution >= 0.6 is 0 Å². The first-order valence-electron chi connectivity index (χ1n) is 9.15. The molecular weight excluding hydrogens is 371 g/mol. The second-order valence-corrected chi connectivity index (χ2v) is 6.51. The van der Waals surface area contributed by atoms with Gasteiger partial charge in [0.05, 0.1) is 11.9 Å². The zero-order valence-corrected chi connectivity index (χ0v) is 15.7. The summed E-state index contributed by atoms with van der Waals surface area (Å²) in [7, 11) is 0. The predicted octanol–water partition coefficient (Wildman–Crippen LogP) is 5.13. The van der Waals surface area contributed by atoms with Gasteiger partial charge in [0.1, 0.15) is 11.5 Å². The van der Waals surface area contributed by atoms with Crippen LogP contribution in [0.15, 0.2) is 60.8 Å². The summed E-state index contributed by atoms with van der Waals surface area (Å²) in [4.78, 5) is 19.0. The normalized spacial score (nSPS) is 10.8. The van der Waals surface area contributed by atoms with Gasteiger partial charge in [0.2, 0.25) is 0 Å². The summed E-state index contributed by atoms with van der Waals surface area (Å²) in [5.41, 5.74) is 9.97. The standard InChI is InChI=1S/C22H19FN4O2/c1-2-13-5-3-4-6-17(13)26-20-16-11-18(14-7-9-15(23)10-8-14)27-21(16)25-12-19(20)29-22(24)28/h3-12H,2H2,1H3,(H2,24,28)(H2,25,26,27). The van der Waals surface area contributed by atoms with Crippen LogP contribution in [-0.4, -0.2) is 16.1 Å². The van der Waals surface area contributed by atoms with Crippen LogP contribution in [0.5, 0.6) is 5.75 Å². The number of fused-ring (bicyclic) bond motifs is 1. The molecule has 0 bridgehead atoms. The van der Waals surface area contributed by atoms with Gasteiger partial charge in [-0.25, -0.2) is 14.2 Å². The van der Waals surface area contributed by atoms with Gasteiger partial charge >= 0.3 is 6.09 Å². The Kier molecular flexibility index (Phi) is 4.87. The van der Waals surface area contributed by atoms with Crippen molar-refractivity contribution in [2.24, 2.45) is 5.73 Å². The van der Waals surface area contributed by atoms with Crippen molar-refractivity contribution in [3.63, 3.8) is 0 Å². The second kappa shape index (κ2) is 7.63. The molecule has 0 spiro atoms. The highest BCUT2D eigenvalue weighted by Gasteiger charge is 2.16. The maximum absolute atomic E-state index is 13.3. The van der Waals surface area contributed by atoms with Gasteiger partial charge in [0.15, 0.2) is 5.75 Å². The molecule has 29 heavy (non-hydrogen) atoms. The Hall–Kier alpha value is -3.87. The molecule has 4 rings (SSSR count). The molecule has 4 N–H and O–H groups in total. The van der Waals surface area contributed by atoms with E-state index in [1.165, 1.54) is 18.3 Å². The van der Waals surface area contributed by atoms with Gasteiger partial charge in [-0.2, -0.15) is 0 Å². The number of benzene rings is 2. The number of nitrogens with zero attached hydrogens (tertiary/aromatic N) is 1. The molecule has 2 heterocycles. The highest BCUT2D eigenvalue weighted by Crippen LogP contribution is 2.37. The van der Waals surface area contributed by atoms with E-state index in [1.807, 2.05) is 30.3 Å². The van der Waals surface area contributed by atoms with Gasteiger partial charge in [0.25, 0.3) is 0 Å². The predicted molar refractivity (Wildman–Crippen MR) is 111 cm³/mol. The van der Waals surface area contributed by atoms with Gasteiger partial charge in [-0.05, 0) is 53.9 Å². The van der Waals surface area contributed by atoms with E-state index in [-0.39, 0.29) is 11.6 Å². The third-order valence-electron chi connectivity index (χ3n) is 4.65. The minimum atomic E-state index is -0.924. The number of carbonyl (C=O) groups is 1. The minimum absolute atomic E-state index is 0.223. The number of aromatic amines is 1. The molecule has 0 atom stereocenters. The Labute approximate surface area is 166 Å². The van der Waals surface area contributed by atoms with Crippen LogP contribution in [0.3, 0.4) is 0 Å². The van der Waals surface area contributed by atoms with Crippen LogP contribution in [0.4, 0.5) is 20.6 Å². The molecule has 6 nitrogen and oxygen atoms in total. The number of pyridine rings is 1. The number of hydrogen-bond donors (Lipinski definition) is 3. The molecule has 2 aromatic carbocycles. The summed E-state index contributed by atoms with van der Waals surface area (Å²) in [6.45, 7) is 2.06. The number of aromatic nitrogens is 2. The SMILES string of the molecule is CCc1ccccc1Nc1c(OC(N)=O)cnc2[nH]c(-c3ccc(F)cc3)cc12. The molecule has 0 saturated heterocycles. The fourth-order valence-electron chi connectivity index (χ4n) is 3.24. The molecule has 146 valence electrons. The van der Waals surface area contributed by atoms with Crippen molar-refractivity contribution in [3.8, 4) is 17.0 Å². The van der Waals surface area contributed by atoms with Gasteiger partial charge in [-0.3, -0.25) is 0 Å². The number of amides is 1. The first kappa shape index (κ1) is 18.5. The van der Waals surface area contributed by atoms with Gasteiger partial charge in [-0.1, -0.05) is 25.1 Å². The zero-order valence-electron chi connectivity index (χ0n) is 15.7. The van der Waals surface area contributed by atoms with Crippen LogP contribution in [0.25, 0.3) is 22.3 Å². The minimum Gasteiger partial charge on any atom is -0.407 e. The molecule has 2 aromatic heterocycles. The van der Waals surface area contributed by atoms with Crippen molar-refractivity contribution in [3.05, 3.63) is 72.2 Å². The van der Waals surface area contributed by atoms with Crippen molar-refractivity contribution >= 4 is 28.5 Å². The van der Waals surface area contributed by atoms with E-state index < -0.39 is 6.09 Å². The van der Waals surface area contributed by atoms with Crippen molar-refractivity contribution < 1.29 is 13.9 Å². The summed E-state index contributed by atoms with van der Waals surface area (Å²) in [5.74, 6) is -0.0841. The number of primary amides is 1. The van der Waals surface area contributed by atoms with E-state index in [4.69, 9.17) is 10.5 Å². The Balaban J connectivity index is 1.86. The Morgan fingerprint density at radius 2 is 1.97 bits per heavy atom. The summed E-state index contributed by atoms with van der Waals surface area (Å²) < 4.78 is 18.4. The molecule has 0 fully saturated rings. The van der Waals surface area contributed by atoms with Gasteiger partial charge in [-0.15, -0.1) is 0 Å².